The summed E-state index contributed by atoms with van der Waals surface area (Å²) >= 11 is 1.41. The quantitative estimate of drug-likeness (QED) is 0.651. The second kappa shape index (κ2) is 9.23. The van der Waals surface area contributed by atoms with Gasteiger partial charge in [-0.1, -0.05) is 43.7 Å². The first-order valence-electron chi connectivity index (χ1n) is 10.1. The van der Waals surface area contributed by atoms with E-state index in [0.717, 1.165) is 28.8 Å². The van der Waals surface area contributed by atoms with E-state index in [1.807, 2.05) is 37.3 Å². The Morgan fingerprint density at radius 3 is 2.69 bits per heavy atom. The molecule has 1 aromatic carbocycles. The smallest absolute Gasteiger partial charge is 0.341 e. The lowest BCUT2D eigenvalue weighted by Gasteiger charge is -2.31. The number of nitrogens with one attached hydrogen (secondary N) is 1. The van der Waals surface area contributed by atoms with Gasteiger partial charge in [0.25, 0.3) is 0 Å². The number of rotatable bonds is 7. The molecule has 6 heteroatoms. The normalized spacial score (nSPS) is 17.8. The van der Waals surface area contributed by atoms with Crippen LogP contribution < -0.4 is 5.32 Å². The van der Waals surface area contributed by atoms with Gasteiger partial charge in [-0.2, -0.15) is 5.26 Å². The Balaban J connectivity index is 1.98. The zero-order chi connectivity index (χ0) is 20.9. The summed E-state index contributed by atoms with van der Waals surface area (Å²) in [6, 6.07) is 12.3. The highest BCUT2D eigenvalue weighted by atomic mass is 32.1. The lowest BCUT2D eigenvalue weighted by atomic mass is 9.70. The maximum Gasteiger partial charge on any atom is 0.341 e. The molecule has 0 unspecified atom stereocenters. The molecular formula is C23H26N2O3S. The fourth-order valence-corrected chi connectivity index (χ4v) is 5.18. The fourth-order valence-electron chi connectivity index (χ4n) is 3.82. The van der Waals surface area contributed by atoms with Gasteiger partial charge < -0.3 is 10.1 Å². The van der Waals surface area contributed by atoms with E-state index in [0.29, 0.717) is 36.2 Å². The second-order valence-electron chi connectivity index (χ2n) is 7.32. The van der Waals surface area contributed by atoms with E-state index >= 15 is 0 Å². The molecule has 1 heterocycles. The number of nitrogens with zero attached hydrogens (tertiary/aromatic N) is 1. The first-order chi connectivity index (χ1) is 14.0. The van der Waals surface area contributed by atoms with Crippen molar-refractivity contribution in [2.45, 2.75) is 57.8 Å². The monoisotopic (exact) mass is 410 g/mol. The van der Waals surface area contributed by atoms with Crippen LogP contribution in [0.1, 0.15) is 65.9 Å². The third-order valence-corrected chi connectivity index (χ3v) is 6.53. The number of unbranched alkanes of at least 4 members (excludes halogenated alkanes) is 1. The largest absolute Gasteiger partial charge is 0.462 e. The maximum absolute atomic E-state index is 12.7. The summed E-state index contributed by atoms with van der Waals surface area (Å²) in [5.41, 5.74) is 1.76. The Morgan fingerprint density at radius 1 is 1.28 bits per heavy atom. The molecule has 1 atom stereocenters. The van der Waals surface area contributed by atoms with Gasteiger partial charge in [0.2, 0.25) is 5.91 Å². The van der Waals surface area contributed by atoms with Crippen LogP contribution in [0.5, 0.6) is 0 Å². The number of hydrogen-bond acceptors (Lipinski definition) is 5. The summed E-state index contributed by atoms with van der Waals surface area (Å²) in [5.74, 6) is -0.495. The summed E-state index contributed by atoms with van der Waals surface area (Å²) in [6.45, 7) is 4.08. The van der Waals surface area contributed by atoms with Crippen LogP contribution in [0, 0.1) is 11.3 Å². The number of thiophene rings is 1. The van der Waals surface area contributed by atoms with Crippen molar-refractivity contribution in [2.24, 2.45) is 0 Å². The molecule has 1 aliphatic carbocycles. The van der Waals surface area contributed by atoms with Crippen LogP contribution in [0.15, 0.2) is 30.3 Å². The molecule has 0 radical (unpaired) electrons. The molecule has 29 heavy (non-hydrogen) atoms. The van der Waals surface area contributed by atoms with Gasteiger partial charge in [0.1, 0.15) is 5.00 Å². The van der Waals surface area contributed by atoms with Gasteiger partial charge in [-0.3, -0.25) is 4.79 Å². The number of hydrogen-bond donors (Lipinski definition) is 1. The van der Waals surface area contributed by atoms with E-state index in [1.54, 1.807) is 6.92 Å². The number of nitriles is 1. The average Bonchev–Trinajstić information content (AvgIpc) is 3.09. The lowest BCUT2D eigenvalue weighted by molar-refractivity contribution is -0.116. The van der Waals surface area contributed by atoms with E-state index in [-0.39, 0.29) is 12.5 Å². The Hall–Kier alpha value is -2.65. The molecule has 0 aliphatic heterocycles. The Bertz CT molecular complexity index is 930. The minimum absolute atomic E-state index is 0.0920. The molecule has 0 spiro atoms. The summed E-state index contributed by atoms with van der Waals surface area (Å²) in [4.78, 5) is 26.0. The molecule has 0 fully saturated rings. The van der Waals surface area contributed by atoms with E-state index in [4.69, 9.17) is 4.74 Å². The van der Waals surface area contributed by atoms with E-state index < -0.39 is 11.4 Å². The molecule has 0 saturated carbocycles. The number of benzene rings is 1. The van der Waals surface area contributed by atoms with Crippen LogP contribution in [0.25, 0.3) is 0 Å². The maximum atomic E-state index is 12.7. The fraction of sp³-hybridized carbons (Fsp3) is 0.435. The molecule has 1 aliphatic rings. The number of amides is 1. The highest BCUT2D eigenvalue weighted by molar-refractivity contribution is 7.17. The third-order valence-electron chi connectivity index (χ3n) is 5.39. The predicted octanol–water partition coefficient (Wildman–Crippen LogP) is 5.00. The van der Waals surface area contributed by atoms with Crippen LogP contribution in [0.4, 0.5) is 5.00 Å². The second-order valence-corrected chi connectivity index (χ2v) is 8.42. The molecule has 152 valence electrons. The number of anilines is 1. The van der Waals surface area contributed by atoms with Gasteiger partial charge in [0.15, 0.2) is 0 Å². The van der Waals surface area contributed by atoms with Crippen molar-refractivity contribution in [2.75, 3.05) is 11.9 Å². The minimum atomic E-state index is -0.617. The summed E-state index contributed by atoms with van der Waals surface area (Å²) in [7, 11) is 0. The first kappa shape index (κ1) is 21.1. The van der Waals surface area contributed by atoms with Crippen molar-refractivity contribution in [1.82, 2.24) is 0 Å². The molecule has 1 N–H and O–H groups in total. The van der Waals surface area contributed by atoms with Crippen LogP contribution in [0.3, 0.4) is 0 Å². The van der Waals surface area contributed by atoms with Gasteiger partial charge in [0, 0.05) is 17.7 Å². The molecule has 1 amide bonds. The number of fused-ring (bicyclic) bond motifs is 1. The summed E-state index contributed by atoms with van der Waals surface area (Å²) in [6.07, 6.45) is 3.93. The molecular weight excluding hydrogens is 384 g/mol. The van der Waals surface area contributed by atoms with Gasteiger partial charge >= 0.3 is 5.97 Å². The van der Waals surface area contributed by atoms with Crippen molar-refractivity contribution in [3.63, 3.8) is 0 Å². The highest BCUT2D eigenvalue weighted by Gasteiger charge is 2.40. The molecule has 0 saturated heterocycles. The van der Waals surface area contributed by atoms with Crippen molar-refractivity contribution >= 4 is 28.2 Å². The van der Waals surface area contributed by atoms with Crippen molar-refractivity contribution in [3.8, 4) is 6.07 Å². The van der Waals surface area contributed by atoms with Crippen molar-refractivity contribution in [3.05, 3.63) is 51.9 Å². The topological polar surface area (TPSA) is 79.2 Å². The lowest BCUT2D eigenvalue weighted by Crippen LogP contribution is -2.31. The average molecular weight is 411 g/mol. The summed E-state index contributed by atoms with van der Waals surface area (Å²) < 4.78 is 5.27. The van der Waals surface area contributed by atoms with Crippen LogP contribution in [0.2, 0.25) is 0 Å². The Kier molecular flexibility index (Phi) is 6.71. The highest BCUT2D eigenvalue weighted by Crippen LogP contribution is 2.45. The van der Waals surface area contributed by atoms with Crippen molar-refractivity contribution in [1.29, 1.82) is 5.26 Å². The van der Waals surface area contributed by atoms with Crippen LogP contribution in [-0.4, -0.2) is 18.5 Å². The van der Waals surface area contributed by atoms with Gasteiger partial charge in [0.05, 0.1) is 23.7 Å². The molecule has 2 aromatic rings. The molecule has 3 rings (SSSR count). The van der Waals surface area contributed by atoms with Crippen LogP contribution >= 0.6 is 11.3 Å². The Labute approximate surface area is 175 Å². The standard InChI is InChI=1S/C23H26N2O3S/c1-3-5-11-19(26)25-21-20(22(27)28-4-2)17-12-13-23(15-24,14-18(17)29-21)16-9-7-6-8-10-16/h6-10H,3-5,11-14H2,1-2H3,(H,25,26)/t23-/m1/s1. The number of carbonyl (C=O) groups is 2. The number of esters is 1. The minimum Gasteiger partial charge on any atom is -0.462 e. The third kappa shape index (κ3) is 4.35. The van der Waals surface area contributed by atoms with Gasteiger partial charge in [-0.05, 0) is 37.3 Å². The zero-order valence-corrected chi connectivity index (χ0v) is 17.7. The number of ether oxygens (including phenoxy) is 1. The predicted molar refractivity (Wildman–Crippen MR) is 114 cm³/mol. The number of carbonyl (C=O) groups excluding carboxylic acids is 2. The van der Waals surface area contributed by atoms with E-state index in [1.165, 1.54) is 11.3 Å². The molecule has 0 bridgehead atoms. The van der Waals surface area contributed by atoms with Crippen molar-refractivity contribution < 1.29 is 14.3 Å². The first-order valence-corrected chi connectivity index (χ1v) is 10.9. The van der Waals surface area contributed by atoms with E-state index in [2.05, 4.69) is 11.4 Å². The summed E-state index contributed by atoms with van der Waals surface area (Å²) in [5, 5.41) is 13.5. The molecule has 1 aromatic heterocycles. The van der Waals surface area contributed by atoms with E-state index in [9.17, 15) is 14.9 Å². The van der Waals surface area contributed by atoms with Gasteiger partial charge in [-0.25, -0.2) is 4.79 Å². The Morgan fingerprint density at radius 2 is 2.03 bits per heavy atom. The molecule has 5 nitrogen and oxygen atoms in total. The SMILES string of the molecule is CCCCC(=O)Nc1sc2c(c1C(=O)OCC)CC[C@@](C#N)(c1ccccc1)C2. The van der Waals surface area contributed by atoms with Gasteiger partial charge in [-0.15, -0.1) is 11.3 Å². The van der Waals surface area contributed by atoms with Crippen LogP contribution in [-0.2, 0) is 27.8 Å². The zero-order valence-electron chi connectivity index (χ0n) is 16.9.